The normalized spacial score (nSPS) is 14.0. The smallest absolute Gasteiger partial charge is 0.410 e. The Kier molecular flexibility index (Phi) is 25.8. The molecule has 0 radical (unpaired) electrons. The summed E-state index contributed by atoms with van der Waals surface area (Å²) in [5.41, 5.74) is 4.47. The van der Waals surface area contributed by atoms with E-state index in [0.717, 1.165) is 62.9 Å². The summed E-state index contributed by atoms with van der Waals surface area (Å²) >= 11 is 6.42. The van der Waals surface area contributed by atoms with Crippen LogP contribution >= 0.6 is 11.6 Å². The number of carbonyl (C=O) groups excluding carboxylic acids is 2. The number of amides is 1. The summed E-state index contributed by atoms with van der Waals surface area (Å²) in [4.78, 5) is 27.1. The summed E-state index contributed by atoms with van der Waals surface area (Å²) in [6, 6.07) is 6.29. The average molecular weight is 643 g/mol. The van der Waals surface area contributed by atoms with E-state index in [0.29, 0.717) is 11.8 Å². The van der Waals surface area contributed by atoms with E-state index < -0.39 is 5.60 Å². The molecule has 1 heterocycles. The van der Waals surface area contributed by atoms with Crippen molar-refractivity contribution in [1.29, 1.82) is 0 Å². The highest BCUT2D eigenvalue weighted by Crippen LogP contribution is 2.40. The zero-order chi connectivity index (χ0) is 34.8. The van der Waals surface area contributed by atoms with Gasteiger partial charge in [-0.3, -0.25) is 4.99 Å². The maximum absolute atomic E-state index is 12.5. The molecule has 1 aromatic carbocycles. The van der Waals surface area contributed by atoms with E-state index in [4.69, 9.17) is 21.1 Å². The zero-order valence-electron chi connectivity index (χ0n) is 30.3. The number of halogens is 1. The molecule has 1 amide bonds. The summed E-state index contributed by atoms with van der Waals surface area (Å²) in [6.07, 6.45) is 18.8. The Hall–Kier alpha value is -2.92. The Morgan fingerprint density at radius 1 is 1.13 bits per heavy atom. The van der Waals surface area contributed by atoms with Crippen LogP contribution in [0.15, 0.2) is 65.8 Å². The van der Waals surface area contributed by atoms with Crippen LogP contribution in [-0.4, -0.2) is 42.2 Å². The maximum atomic E-state index is 12.5. The number of rotatable bonds is 10. The molecule has 254 valence electrons. The first-order chi connectivity index (χ1) is 21.3. The van der Waals surface area contributed by atoms with Crippen LogP contribution in [0.5, 0.6) is 0 Å². The van der Waals surface area contributed by atoms with Crippen molar-refractivity contribution in [2.45, 2.75) is 126 Å². The van der Waals surface area contributed by atoms with Gasteiger partial charge in [-0.1, -0.05) is 81.3 Å². The third-order valence-electron chi connectivity index (χ3n) is 6.70. The van der Waals surface area contributed by atoms with Crippen molar-refractivity contribution >= 4 is 35.8 Å². The Morgan fingerprint density at radius 3 is 2.20 bits per heavy atom. The number of likely N-dealkylation sites (tertiary alicyclic amines) is 1. The number of piperidine rings is 1. The van der Waals surface area contributed by atoms with Crippen LogP contribution in [0, 0.1) is 5.92 Å². The van der Waals surface area contributed by atoms with Gasteiger partial charge >= 0.3 is 6.09 Å². The van der Waals surface area contributed by atoms with Gasteiger partial charge in [0.25, 0.3) is 0 Å². The highest BCUT2D eigenvalue weighted by atomic mass is 35.5. The molecule has 1 aliphatic rings. The molecule has 1 saturated heterocycles. The van der Waals surface area contributed by atoms with E-state index in [9.17, 15) is 4.79 Å². The van der Waals surface area contributed by atoms with Gasteiger partial charge in [0, 0.05) is 30.5 Å². The fraction of sp³-hybridized carbons (Fsp3) is 0.564. The summed E-state index contributed by atoms with van der Waals surface area (Å²) in [6.45, 7) is 27.2. The SMILES string of the molecule is C=C(CCCC)c1cc(Cl)ccc1C(C/C=C\C=C/C)C1CCN(C(=O)OC(C)(C)C)CC1.CC.CC=NC=C(C)C.CC=O. The first kappa shape index (κ1) is 44.2. The number of allylic oxidation sites excluding steroid dienone is 6. The molecule has 0 saturated carbocycles. The van der Waals surface area contributed by atoms with Crippen LogP contribution in [0.2, 0.25) is 5.02 Å². The molecule has 1 atom stereocenters. The van der Waals surface area contributed by atoms with Gasteiger partial charge in [-0.15, -0.1) is 0 Å². The van der Waals surface area contributed by atoms with Gasteiger partial charge in [-0.2, -0.15) is 0 Å². The van der Waals surface area contributed by atoms with Crippen LogP contribution in [0.25, 0.3) is 5.57 Å². The molecule has 1 aliphatic heterocycles. The number of unbranched alkanes of at least 4 members (excludes halogenated alkanes) is 1. The average Bonchev–Trinajstić information content (AvgIpc) is 3.00. The molecule has 1 aromatic rings. The Bertz CT molecular complexity index is 1080. The van der Waals surface area contributed by atoms with Crippen molar-refractivity contribution in [3.05, 3.63) is 77.0 Å². The molecular formula is C39H63ClN2O3. The van der Waals surface area contributed by atoms with Crippen molar-refractivity contribution in [1.82, 2.24) is 4.90 Å². The number of hydrogen-bond donors (Lipinski definition) is 0. The van der Waals surface area contributed by atoms with Gasteiger partial charge in [0.15, 0.2) is 0 Å². The lowest BCUT2D eigenvalue weighted by atomic mass is 9.75. The number of carbonyl (C=O) groups is 2. The number of aliphatic imine (C=N–C) groups is 1. The predicted molar refractivity (Wildman–Crippen MR) is 199 cm³/mol. The lowest BCUT2D eigenvalue weighted by Crippen LogP contribution is -2.42. The molecule has 1 unspecified atom stereocenters. The molecule has 0 N–H and O–H groups in total. The predicted octanol–water partition coefficient (Wildman–Crippen LogP) is 12.0. The maximum Gasteiger partial charge on any atom is 0.410 e. The molecule has 0 aromatic heterocycles. The molecule has 0 bridgehead atoms. The Labute approximate surface area is 281 Å². The number of benzene rings is 1. The summed E-state index contributed by atoms with van der Waals surface area (Å²) in [5, 5.41) is 0.759. The second-order valence-corrected chi connectivity index (χ2v) is 12.3. The fourth-order valence-electron chi connectivity index (χ4n) is 4.71. The molecule has 1 fully saturated rings. The van der Waals surface area contributed by atoms with E-state index in [1.165, 1.54) is 29.2 Å². The van der Waals surface area contributed by atoms with E-state index in [2.05, 4.69) is 48.9 Å². The van der Waals surface area contributed by atoms with E-state index >= 15 is 0 Å². The first-order valence-corrected chi connectivity index (χ1v) is 17.0. The Morgan fingerprint density at radius 2 is 1.73 bits per heavy atom. The molecule has 2 rings (SSSR count). The minimum absolute atomic E-state index is 0.203. The van der Waals surface area contributed by atoms with Crippen molar-refractivity contribution < 1.29 is 14.3 Å². The van der Waals surface area contributed by atoms with Gasteiger partial charge in [-0.05, 0) is 128 Å². The van der Waals surface area contributed by atoms with E-state index in [-0.39, 0.29) is 6.09 Å². The van der Waals surface area contributed by atoms with Gasteiger partial charge in [0.05, 0.1) is 0 Å². The minimum Gasteiger partial charge on any atom is -0.444 e. The summed E-state index contributed by atoms with van der Waals surface area (Å²) in [7, 11) is 0. The zero-order valence-corrected chi connectivity index (χ0v) is 31.0. The fourth-order valence-corrected chi connectivity index (χ4v) is 4.88. The van der Waals surface area contributed by atoms with Crippen molar-refractivity contribution in [3.8, 4) is 0 Å². The van der Waals surface area contributed by atoms with Crippen molar-refractivity contribution in [2.75, 3.05) is 13.1 Å². The molecule has 6 heteroatoms. The van der Waals surface area contributed by atoms with Gasteiger partial charge in [0.2, 0.25) is 0 Å². The highest BCUT2D eigenvalue weighted by molar-refractivity contribution is 6.30. The number of nitrogens with zero attached hydrogens (tertiary/aromatic N) is 2. The van der Waals surface area contributed by atoms with Crippen LogP contribution in [0.3, 0.4) is 0 Å². The lowest BCUT2D eigenvalue weighted by molar-refractivity contribution is -0.106. The third kappa shape index (κ3) is 20.7. The van der Waals surface area contributed by atoms with Gasteiger partial charge in [-0.25, -0.2) is 4.79 Å². The van der Waals surface area contributed by atoms with Crippen molar-refractivity contribution in [3.63, 3.8) is 0 Å². The monoisotopic (exact) mass is 642 g/mol. The topological polar surface area (TPSA) is 59.0 Å². The number of hydrogen-bond acceptors (Lipinski definition) is 4. The largest absolute Gasteiger partial charge is 0.444 e. The van der Waals surface area contributed by atoms with Crippen LogP contribution in [0.1, 0.15) is 132 Å². The third-order valence-corrected chi connectivity index (χ3v) is 6.93. The van der Waals surface area contributed by atoms with Gasteiger partial charge in [0.1, 0.15) is 11.9 Å². The van der Waals surface area contributed by atoms with Gasteiger partial charge < -0.3 is 14.4 Å². The molecule has 5 nitrogen and oxygen atoms in total. The lowest BCUT2D eigenvalue weighted by Gasteiger charge is -2.37. The molecule has 0 spiro atoms. The van der Waals surface area contributed by atoms with E-state index in [1.54, 1.807) is 6.21 Å². The van der Waals surface area contributed by atoms with Crippen molar-refractivity contribution in [2.24, 2.45) is 10.9 Å². The van der Waals surface area contributed by atoms with E-state index in [1.807, 2.05) is 85.6 Å². The standard InChI is InChI=1S/C29H42ClNO2.C6H11N.C2H4O.C2H6/c1-7-9-11-12-14-25(23-17-19-31(20-18-23)28(32)33-29(4,5)6)26-16-15-24(30)21-27(26)22(3)13-10-8-2;1-4-7-5-6(2)3;1-2-3;1-2/h7,9,11-12,15-16,21,23,25H,3,8,10,13-14,17-20H2,1-2,4-6H3;4-5H,1-3H3;2H,1H3;1-2H3/b9-7-,12-11-;;;. The molecule has 0 aliphatic carbocycles. The molecule has 45 heavy (non-hydrogen) atoms. The van der Waals surface area contributed by atoms with Crippen LogP contribution < -0.4 is 0 Å². The number of ether oxygens (including phenoxy) is 1. The summed E-state index contributed by atoms with van der Waals surface area (Å²) in [5.74, 6) is 0.843. The number of aldehydes is 1. The Balaban J connectivity index is 0. The highest BCUT2D eigenvalue weighted by Gasteiger charge is 2.32. The summed E-state index contributed by atoms with van der Waals surface area (Å²) < 4.78 is 5.59. The second kappa shape index (κ2) is 26.3. The van der Waals surface area contributed by atoms with Crippen LogP contribution in [0.4, 0.5) is 4.79 Å². The molecular weight excluding hydrogens is 580 g/mol. The second-order valence-electron chi connectivity index (χ2n) is 11.9. The first-order valence-electron chi connectivity index (χ1n) is 16.6. The van der Waals surface area contributed by atoms with Crippen LogP contribution in [-0.2, 0) is 9.53 Å². The quantitative estimate of drug-likeness (QED) is 0.145. The minimum atomic E-state index is -0.467.